The molecular formula is C17H23ClS. The van der Waals surface area contributed by atoms with Crippen LogP contribution in [0.25, 0.3) is 0 Å². The Hall–Kier alpha value is -0.0100. The van der Waals surface area contributed by atoms with E-state index in [9.17, 15) is 0 Å². The van der Waals surface area contributed by atoms with Gasteiger partial charge in [0.1, 0.15) is 0 Å². The lowest BCUT2D eigenvalue weighted by molar-refractivity contribution is -0.103. The molecule has 0 aliphatic heterocycles. The van der Waals surface area contributed by atoms with Crippen LogP contribution in [-0.2, 0) is 6.42 Å². The monoisotopic (exact) mass is 294 g/mol. The molecule has 3 unspecified atom stereocenters. The Morgan fingerprint density at radius 3 is 2.63 bits per heavy atom. The van der Waals surface area contributed by atoms with Crippen molar-refractivity contribution < 1.29 is 0 Å². The minimum atomic E-state index is 0.358. The summed E-state index contributed by atoms with van der Waals surface area (Å²) in [6.45, 7) is 2.54. The smallest absolute Gasteiger partial charge is 0.0440 e. The van der Waals surface area contributed by atoms with E-state index < -0.39 is 0 Å². The zero-order chi connectivity index (χ0) is 13.1. The first-order valence-electron chi connectivity index (χ1n) is 7.73. The van der Waals surface area contributed by atoms with Crippen LogP contribution in [0, 0.1) is 22.7 Å². The molecular weight excluding hydrogens is 272 g/mol. The highest BCUT2D eigenvalue weighted by molar-refractivity contribution is 7.09. The van der Waals surface area contributed by atoms with Crippen LogP contribution in [0.3, 0.4) is 0 Å². The van der Waals surface area contributed by atoms with Gasteiger partial charge < -0.3 is 0 Å². The Morgan fingerprint density at radius 2 is 2.05 bits per heavy atom. The SMILES string of the molecule is CC12CC3CC(C1)CC(C(Cl)Cc1cccs1)(C3)C2. The standard InChI is InChI=1S/C17H23ClS/c1-16-7-12-5-13(8-16)10-17(9-12,11-16)15(18)6-14-3-2-4-19-14/h2-4,12-13,15H,5-11H2,1H3. The van der Waals surface area contributed by atoms with E-state index in [0.717, 1.165) is 18.3 Å². The molecule has 1 aromatic rings. The molecule has 3 atom stereocenters. The molecule has 4 aliphatic carbocycles. The van der Waals surface area contributed by atoms with Gasteiger partial charge in [-0.2, -0.15) is 0 Å². The van der Waals surface area contributed by atoms with Gasteiger partial charge in [-0.1, -0.05) is 13.0 Å². The van der Waals surface area contributed by atoms with Crippen LogP contribution in [0.1, 0.15) is 50.3 Å². The molecule has 0 N–H and O–H groups in total. The number of alkyl halides is 1. The molecule has 2 heteroatoms. The first-order valence-corrected chi connectivity index (χ1v) is 9.05. The third kappa shape index (κ3) is 2.08. The summed E-state index contributed by atoms with van der Waals surface area (Å²) in [5, 5.41) is 2.54. The van der Waals surface area contributed by atoms with E-state index >= 15 is 0 Å². The van der Waals surface area contributed by atoms with E-state index in [0.29, 0.717) is 16.2 Å². The second kappa shape index (κ2) is 4.24. The van der Waals surface area contributed by atoms with Crippen LogP contribution in [0.5, 0.6) is 0 Å². The minimum Gasteiger partial charge on any atom is -0.149 e. The Bertz CT molecular complexity index is 450. The highest BCUT2D eigenvalue weighted by Crippen LogP contribution is 2.67. The summed E-state index contributed by atoms with van der Waals surface area (Å²) >= 11 is 8.83. The third-order valence-electron chi connectivity index (χ3n) is 6.02. The second-order valence-corrected chi connectivity index (χ2v) is 9.44. The Balaban J connectivity index is 1.59. The van der Waals surface area contributed by atoms with Crippen molar-refractivity contribution in [2.75, 3.05) is 0 Å². The number of thiophene rings is 1. The lowest BCUT2D eigenvalue weighted by atomic mass is 9.44. The number of hydrogen-bond donors (Lipinski definition) is 0. The third-order valence-corrected chi connectivity index (χ3v) is 7.54. The number of halogens is 1. The summed E-state index contributed by atoms with van der Waals surface area (Å²) in [5.41, 5.74) is 1.08. The van der Waals surface area contributed by atoms with E-state index in [2.05, 4.69) is 24.4 Å². The first-order chi connectivity index (χ1) is 9.07. The van der Waals surface area contributed by atoms with Gasteiger partial charge in [0.15, 0.2) is 0 Å². The zero-order valence-electron chi connectivity index (χ0n) is 11.7. The molecule has 0 nitrogen and oxygen atoms in total. The fourth-order valence-electron chi connectivity index (χ4n) is 5.99. The molecule has 19 heavy (non-hydrogen) atoms. The fraction of sp³-hybridized carbons (Fsp3) is 0.765. The van der Waals surface area contributed by atoms with Gasteiger partial charge in [0.2, 0.25) is 0 Å². The van der Waals surface area contributed by atoms with Gasteiger partial charge in [-0.05, 0) is 79.1 Å². The van der Waals surface area contributed by atoms with Gasteiger partial charge >= 0.3 is 0 Å². The maximum Gasteiger partial charge on any atom is 0.0440 e. The maximum atomic E-state index is 6.96. The number of rotatable bonds is 3. The Labute approximate surface area is 125 Å². The average Bonchev–Trinajstić information content (AvgIpc) is 2.78. The molecule has 4 fully saturated rings. The van der Waals surface area contributed by atoms with E-state index in [1.54, 1.807) is 0 Å². The van der Waals surface area contributed by atoms with Gasteiger partial charge in [0, 0.05) is 10.3 Å². The lowest BCUT2D eigenvalue weighted by Crippen LogP contribution is -2.54. The lowest BCUT2D eigenvalue weighted by Gasteiger charge is -2.62. The first kappa shape index (κ1) is 12.7. The largest absolute Gasteiger partial charge is 0.149 e. The highest BCUT2D eigenvalue weighted by Gasteiger charge is 2.57. The predicted molar refractivity (Wildman–Crippen MR) is 82.9 cm³/mol. The molecule has 0 saturated heterocycles. The summed E-state index contributed by atoms with van der Waals surface area (Å²) in [7, 11) is 0. The predicted octanol–water partition coefficient (Wildman–Crippen LogP) is 5.50. The van der Waals surface area contributed by atoms with E-state index in [1.807, 2.05) is 11.3 Å². The van der Waals surface area contributed by atoms with Gasteiger partial charge in [-0.15, -0.1) is 22.9 Å². The summed E-state index contributed by atoms with van der Waals surface area (Å²) in [4.78, 5) is 1.47. The van der Waals surface area contributed by atoms with Crippen LogP contribution in [-0.4, -0.2) is 5.38 Å². The molecule has 104 valence electrons. The normalized spacial score (nSPS) is 45.6. The molecule has 1 heterocycles. The van der Waals surface area contributed by atoms with Crippen LogP contribution in [0.4, 0.5) is 0 Å². The van der Waals surface area contributed by atoms with Crippen LogP contribution >= 0.6 is 22.9 Å². The van der Waals surface area contributed by atoms with Crippen molar-refractivity contribution in [3.05, 3.63) is 22.4 Å². The molecule has 4 aliphatic rings. The maximum absolute atomic E-state index is 6.96. The quantitative estimate of drug-likeness (QED) is 0.645. The van der Waals surface area contributed by atoms with Crippen molar-refractivity contribution in [3.8, 4) is 0 Å². The molecule has 0 spiro atoms. The summed E-state index contributed by atoms with van der Waals surface area (Å²) in [5.74, 6) is 1.96. The van der Waals surface area contributed by atoms with E-state index in [-0.39, 0.29) is 0 Å². The van der Waals surface area contributed by atoms with Crippen molar-refractivity contribution in [1.82, 2.24) is 0 Å². The minimum absolute atomic E-state index is 0.358. The van der Waals surface area contributed by atoms with Gasteiger partial charge in [0.25, 0.3) is 0 Å². The van der Waals surface area contributed by atoms with Gasteiger partial charge in [0.05, 0.1) is 0 Å². The van der Waals surface area contributed by atoms with Crippen LogP contribution in [0.2, 0.25) is 0 Å². The molecule has 4 bridgehead atoms. The molecule has 0 radical (unpaired) electrons. The van der Waals surface area contributed by atoms with Crippen LogP contribution in [0.15, 0.2) is 17.5 Å². The Morgan fingerprint density at radius 1 is 1.32 bits per heavy atom. The summed E-state index contributed by atoms with van der Waals surface area (Å²) < 4.78 is 0. The summed E-state index contributed by atoms with van der Waals surface area (Å²) in [6, 6.07) is 4.41. The van der Waals surface area contributed by atoms with Crippen LogP contribution < -0.4 is 0 Å². The van der Waals surface area contributed by atoms with E-state index in [4.69, 9.17) is 11.6 Å². The van der Waals surface area contributed by atoms with Gasteiger partial charge in [-0.25, -0.2) is 0 Å². The zero-order valence-corrected chi connectivity index (χ0v) is 13.3. The fourth-order valence-corrected chi connectivity index (χ4v) is 7.25. The highest BCUT2D eigenvalue weighted by atomic mass is 35.5. The second-order valence-electron chi connectivity index (χ2n) is 7.89. The van der Waals surface area contributed by atoms with Gasteiger partial charge in [-0.3, -0.25) is 0 Å². The number of hydrogen-bond acceptors (Lipinski definition) is 1. The molecule has 4 saturated carbocycles. The molecule has 5 rings (SSSR count). The van der Waals surface area contributed by atoms with Crippen molar-refractivity contribution in [2.24, 2.45) is 22.7 Å². The van der Waals surface area contributed by atoms with Crippen molar-refractivity contribution in [3.63, 3.8) is 0 Å². The average molecular weight is 295 g/mol. The Kier molecular flexibility index (Phi) is 2.84. The van der Waals surface area contributed by atoms with Crippen molar-refractivity contribution in [2.45, 2.75) is 57.2 Å². The molecule has 0 amide bonds. The summed E-state index contributed by atoms with van der Waals surface area (Å²) in [6.07, 6.45) is 9.78. The van der Waals surface area contributed by atoms with Crippen molar-refractivity contribution in [1.29, 1.82) is 0 Å². The van der Waals surface area contributed by atoms with E-state index in [1.165, 1.54) is 43.4 Å². The molecule has 1 aromatic heterocycles. The van der Waals surface area contributed by atoms with Crippen molar-refractivity contribution >= 4 is 22.9 Å². The molecule has 0 aromatic carbocycles. The topological polar surface area (TPSA) is 0 Å².